The Morgan fingerprint density at radius 2 is 1.64 bits per heavy atom. The molecule has 12 heteroatoms. The largest absolute Gasteiger partial charge is 0.484 e. The fourth-order valence-corrected chi connectivity index (χ4v) is 5.28. The van der Waals surface area contributed by atoms with Gasteiger partial charge in [0.05, 0.1) is 16.8 Å². The smallest absolute Gasteiger partial charge is 0.264 e. The summed E-state index contributed by atoms with van der Waals surface area (Å²) >= 11 is 5.91. The number of rotatable bonds is 11. The lowest BCUT2D eigenvalue weighted by atomic mass is 10.2. The Morgan fingerprint density at radius 3 is 2.31 bits per heavy atom. The maximum atomic E-state index is 13.5. The van der Waals surface area contributed by atoms with Crippen molar-refractivity contribution >= 4 is 51.0 Å². The summed E-state index contributed by atoms with van der Waals surface area (Å²) in [6.45, 7) is 1.01. The Balaban J connectivity index is 1.34. The summed E-state index contributed by atoms with van der Waals surface area (Å²) in [6, 6.07) is 24.3. The van der Waals surface area contributed by atoms with Crippen molar-refractivity contribution in [3.63, 3.8) is 0 Å². The molecule has 0 unspecified atom stereocenters. The molecule has 42 heavy (non-hydrogen) atoms. The average Bonchev–Trinajstić information content (AvgIpc) is 2.96. The van der Waals surface area contributed by atoms with Crippen molar-refractivity contribution in [1.82, 2.24) is 5.43 Å². The molecule has 0 heterocycles. The van der Waals surface area contributed by atoms with Gasteiger partial charge in [0.1, 0.15) is 18.1 Å². The van der Waals surface area contributed by atoms with Crippen molar-refractivity contribution in [3.8, 4) is 5.75 Å². The van der Waals surface area contributed by atoms with E-state index in [1.165, 1.54) is 30.5 Å². The van der Waals surface area contributed by atoms with Crippen LogP contribution in [0.1, 0.15) is 11.1 Å². The van der Waals surface area contributed by atoms with Crippen LogP contribution in [-0.2, 0) is 19.6 Å². The quantitative estimate of drug-likeness (QED) is 0.180. The summed E-state index contributed by atoms with van der Waals surface area (Å²) in [6.07, 6.45) is 1.37. The van der Waals surface area contributed by atoms with Crippen molar-refractivity contribution in [2.45, 2.75) is 11.8 Å². The standard InChI is InChI=1S/C30H26ClFN4O5S/c1-21-5-15-28(16-6-21)42(39,40)36(26-11-9-24(32)10-12-26)19-29(37)35-33-18-22-7-13-27(14-8-22)41-20-30(38)34-25-4-2-3-23(31)17-25/h2-18H,19-20H2,1H3,(H,34,38)(H,35,37)/b33-18-. The molecule has 2 N–H and O–H groups in total. The maximum Gasteiger partial charge on any atom is 0.264 e. The van der Waals surface area contributed by atoms with Gasteiger partial charge in [-0.05, 0) is 91.3 Å². The van der Waals surface area contributed by atoms with Gasteiger partial charge in [0, 0.05) is 10.7 Å². The zero-order chi connectivity index (χ0) is 30.1. The second-order valence-corrected chi connectivity index (χ2v) is 11.3. The van der Waals surface area contributed by atoms with E-state index in [0.29, 0.717) is 22.0 Å². The van der Waals surface area contributed by atoms with E-state index in [-0.39, 0.29) is 23.1 Å². The predicted molar refractivity (Wildman–Crippen MR) is 160 cm³/mol. The summed E-state index contributed by atoms with van der Waals surface area (Å²) in [5, 5.41) is 7.09. The van der Waals surface area contributed by atoms with Crippen LogP contribution in [0, 0.1) is 12.7 Å². The third-order valence-electron chi connectivity index (χ3n) is 5.77. The fourth-order valence-electron chi connectivity index (χ4n) is 3.67. The number of nitrogens with zero attached hydrogens (tertiary/aromatic N) is 2. The molecule has 2 amide bonds. The van der Waals surface area contributed by atoms with Crippen molar-refractivity contribution < 1.29 is 27.1 Å². The number of hydrogen-bond acceptors (Lipinski definition) is 6. The molecular formula is C30H26ClFN4O5S. The Labute approximate surface area is 247 Å². The highest BCUT2D eigenvalue weighted by Crippen LogP contribution is 2.24. The number of ether oxygens (including phenoxy) is 1. The first-order valence-corrected chi connectivity index (χ1v) is 14.4. The predicted octanol–water partition coefficient (Wildman–Crippen LogP) is 5.15. The summed E-state index contributed by atoms with van der Waals surface area (Å²) in [7, 11) is -4.14. The number of halogens is 2. The molecule has 9 nitrogen and oxygen atoms in total. The fraction of sp³-hybridized carbons (Fsp3) is 0.100. The summed E-state index contributed by atoms with van der Waals surface area (Å²) in [5.74, 6) is -1.17. The number of carbonyl (C=O) groups excluding carboxylic acids is 2. The van der Waals surface area contributed by atoms with Gasteiger partial charge in [-0.1, -0.05) is 35.4 Å². The summed E-state index contributed by atoms with van der Waals surface area (Å²) in [4.78, 5) is 24.8. The number of hydrogen-bond donors (Lipinski definition) is 2. The molecule has 0 atom stereocenters. The Bertz CT molecular complexity index is 1680. The third kappa shape index (κ3) is 8.38. The number of carbonyl (C=O) groups is 2. The first kappa shape index (κ1) is 30.2. The molecule has 0 spiro atoms. The Hall–Kier alpha value is -4.74. The minimum atomic E-state index is -4.14. The highest BCUT2D eigenvalue weighted by molar-refractivity contribution is 7.92. The molecule has 4 rings (SSSR count). The average molecular weight is 609 g/mol. The van der Waals surface area contributed by atoms with Crippen molar-refractivity contribution in [2.24, 2.45) is 5.10 Å². The van der Waals surface area contributed by atoms with E-state index in [1.54, 1.807) is 60.7 Å². The zero-order valence-corrected chi connectivity index (χ0v) is 23.9. The van der Waals surface area contributed by atoms with E-state index in [9.17, 15) is 22.4 Å². The lowest BCUT2D eigenvalue weighted by Crippen LogP contribution is -2.39. The van der Waals surface area contributed by atoms with Crippen molar-refractivity contribution in [3.05, 3.63) is 119 Å². The highest BCUT2D eigenvalue weighted by Gasteiger charge is 2.27. The molecule has 4 aromatic rings. The van der Waals surface area contributed by atoms with E-state index in [2.05, 4.69) is 15.8 Å². The van der Waals surface area contributed by atoms with E-state index in [4.69, 9.17) is 16.3 Å². The zero-order valence-electron chi connectivity index (χ0n) is 22.3. The van der Waals surface area contributed by atoms with Crippen LogP contribution < -0.4 is 19.8 Å². The first-order chi connectivity index (χ1) is 20.1. The molecule has 0 fully saturated rings. The molecule has 0 aliphatic rings. The second kappa shape index (κ2) is 13.7. The van der Waals surface area contributed by atoms with Crippen LogP contribution in [0.15, 0.2) is 107 Å². The lowest BCUT2D eigenvalue weighted by Gasteiger charge is -2.23. The van der Waals surface area contributed by atoms with Gasteiger partial charge in [0.15, 0.2) is 6.61 Å². The number of amides is 2. The van der Waals surface area contributed by atoms with Gasteiger partial charge in [0.25, 0.3) is 21.8 Å². The number of aryl methyl sites for hydroxylation is 1. The Kier molecular flexibility index (Phi) is 9.89. The Morgan fingerprint density at radius 1 is 0.952 bits per heavy atom. The highest BCUT2D eigenvalue weighted by atomic mass is 35.5. The molecule has 0 aliphatic carbocycles. The number of sulfonamides is 1. The van der Waals surface area contributed by atoms with Crippen LogP contribution in [0.25, 0.3) is 0 Å². The molecule has 0 bridgehead atoms. The van der Waals surface area contributed by atoms with Gasteiger partial charge < -0.3 is 10.1 Å². The van der Waals surface area contributed by atoms with Crippen LogP contribution in [0.3, 0.4) is 0 Å². The van der Waals surface area contributed by atoms with Gasteiger partial charge in [-0.3, -0.25) is 13.9 Å². The number of hydrazone groups is 1. The third-order valence-corrected chi connectivity index (χ3v) is 7.80. The van der Waals surface area contributed by atoms with Gasteiger partial charge in [0.2, 0.25) is 0 Å². The SMILES string of the molecule is Cc1ccc(S(=O)(=O)N(CC(=O)N/N=C\c2ccc(OCC(=O)Nc3cccc(Cl)c3)cc2)c2ccc(F)cc2)cc1. The van der Waals surface area contributed by atoms with Gasteiger partial charge in [-0.25, -0.2) is 18.2 Å². The molecule has 0 aliphatic heterocycles. The molecule has 4 aromatic carbocycles. The summed E-state index contributed by atoms with van der Waals surface area (Å²) in [5.41, 5.74) is 4.46. The van der Waals surface area contributed by atoms with Gasteiger partial charge in [-0.2, -0.15) is 5.10 Å². The minimum Gasteiger partial charge on any atom is -0.484 e. The normalized spacial score (nSPS) is 11.2. The van der Waals surface area contributed by atoms with Crippen molar-refractivity contribution in [2.75, 3.05) is 22.8 Å². The lowest BCUT2D eigenvalue weighted by molar-refractivity contribution is -0.119. The molecule has 216 valence electrons. The molecule has 0 saturated carbocycles. The molecular weight excluding hydrogens is 583 g/mol. The molecule has 0 saturated heterocycles. The van der Waals surface area contributed by atoms with E-state index < -0.39 is 28.3 Å². The van der Waals surface area contributed by atoms with Crippen LogP contribution >= 0.6 is 11.6 Å². The van der Waals surface area contributed by atoms with Gasteiger partial charge >= 0.3 is 0 Å². The first-order valence-electron chi connectivity index (χ1n) is 12.6. The van der Waals surface area contributed by atoms with Crippen molar-refractivity contribution in [1.29, 1.82) is 0 Å². The molecule has 0 aromatic heterocycles. The number of benzene rings is 4. The minimum absolute atomic E-state index is 0.0158. The van der Waals surface area contributed by atoms with Gasteiger partial charge in [-0.15, -0.1) is 0 Å². The number of nitrogens with one attached hydrogen (secondary N) is 2. The van der Waals surface area contributed by atoms with Crippen LogP contribution in [-0.4, -0.2) is 39.6 Å². The second-order valence-electron chi connectivity index (χ2n) is 9.01. The topological polar surface area (TPSA) is 117 Å². The summed E-state index contributed by atoms with van der Waals surface area (Å²) < 4.78 is 46.6. The maximum absolute atomic E-state index is 13.5. The van der Waals surface area contributed by atoms with E-state index >= 15 is 0 Å². The van der Waals surface area contributed by atoms with Crippen LogP contribution in [0.5, 0.6) is 5.75 Å². The molecule has 0 radical (unpaired) electrons. The van der Waals surface area contributed by atoms with E-state index in [0.717, 1.165) is 22.0 Å². The monoisotopic (exact) mass is 608 g/mol. The van der Waals surface area contributed by atoms with E-state index in [1.807, 2.05) is 6.92 Å². The van der Waals surface area contributed by atoms with Crippen LogP contribution in [0.4, 0.5) is 15.8 Å². The number of anilines is 2. The van der Waals surface area contributed by atoms with Crippen LogP contribution in [0.2, 0.25) is 5.02 Å².